The topological polar surface area (TPSA) is 17.1 Å². The van der Waals surface area contributed by atoms with Gasteiger partial charge in [-0.1, -0.05) is 23.2 Å². The maximum absolute atomic E-state index is 10.7. The van der Waals surface area contributed by atoms with Crippen LogP contribution in [0.3, 0.4) is 0 Å². The normalized spacial score (nSPS) is 10.3. The Morgan fingerprint density at radius 1 is 1.40 bits per heavy atom. The number of halogens is 2. The SMILES string of the molecule is CC(=O)CCCSc1ccc(Cl)cc1Cl. The smallest absolute Gasteiger partial charge is 0.129 e. The lowest BCUT2D eigenvalue weighted by Crippen LogP contribution is -1.90. The predicted molar refractivity (Wildman–Crippen MR) is 67.1 cm³/mol. The second-order valence-electron chi connectivity index (χ2n) is 3.23. The van der Waals surface area contributed by atoms with Crippen LogP contribution in [0.5, 0.6) is 0 Å². The van der Waals surface area contributed by atoms with Gasteiger partial charge in [0, 0.05) is 16.3 Å². The second-order valence-corrected chi connectivity index (χ2v) is 5.21. The average molecular weight is 263 g/mol. The molecular weight excluding hydrogens is 251 g/mol. The van der Waals surface area contributed by atoms with Crippen LogP contribution in [-0.4, -0.2) is 11.5 Å². The molecule has 1 aromatic carbocycles. The number of ketones is 1. The minimum absolute atomic E-state index is 0.234. The Labute approximate surface area is 104 Å². The number of hydrogen-bond acceptors (Lipinski definition) is 2. The van der Waals surface area contributed by atoms with Gasteiger partial charge in [0.15, 0.2) is 0 Å². The summed E-state index contributed by atoms with van der Waals surface area (Å²) in [7, 11) is 0. The quantitative estimate of drug-likeness (QED) is 0.576. The molecule has 0 atom stereocenters. The summed E-state index contributed by atoms with van der Waals surface area (Å²) >= 11 is 13.4. The van der Waals surface area contributed by atoms with E-state index in [1.165, 1.54) is 0 Å². The zero-order valence-electron chi connectivity index (χ0n) is 8.43. The molecule has 4 heteroatoms. The van der Waals surface area contributed by atoms with E-state index >= 15 is 0 Å². The fourth-order valence-corrected chi connectivity index (χ4v) is 2.54. The molecule has 0 aliphatic rings. The summed E-state index contributed by atoms with van der Waals surface area (Å²) in [5, 5.41) is 1.32. The van der Waals surface area contributed by atoms with Crippen molar-refractivity contribution in [3.05, 3.63) is 28.2 Å². The highest BCUT2D eigenvalue weighted by molar-refractivity contribution is 7.99. The molecule has 0 N–H and O–H groups in total. The zero-order valence-corrected chi connectivity index (χ0v) is 10.8. The Hall–Kier alpha value is -0.180. The first-order valence-corrected chi connectivity index (χ1v) is 6.41. The minimum Gasteiger partial charge on any atom is -0.300 e. The van der Waals surface area contributed by atoms with Gasteiger partial charge in [0.1, 0.15) is 5.78 Å². The summed E-state index contributed by atoms with van der Waals surface area (Å²) in [6, 6.07) is 5.46. The van der Waals surface area contributed by atoms with Crippen molar-refractivity contribution >= 4 is 40.7 Å². The average Bonchev–Trinajstić information content (AvgIpc) is 2.14. The molecule has 0 aliphatic heterocycles. The molecule has 1 aromatic rings. The van der Waals surface area contributed by atoms with E-state index in [4.69, 9.17) is 23.2 Å². The molecule has 0 saturated carbocycles. The second kappa shape index (κ2) is 6.41. The van der Waals surface area contributed by atoms with E-state index in [2.05, 4.69) is 0 Å². The molecule has 0 amide bonds. The summed E-state index contributed by atoms with van der Waals surface area (Å²) in [5.41, 5.74) is 0. The van der Waals surface area contributed by atoms with Crippen molar-refractivity contribution in [3.63, 3.8) is 0 Å². The Bertz CT molecular complexity index is 352. The molecule has 0 aromatic heterocycles. The van der Waals surface area contributed by atoms with Crippen molar-refractivity contribution in [1.29, 1.82) is 0 Å². The van der Waals surface area contributed by atoms with Crippen molar-refractivity contribution in [3.8, 4) is 0 Å². The summed E-state index contributed by atoms with van der Waals surface area (Å²) in [6.07, 6.45) is 1.52. The van der Waals surface area contributed by atoms with Crippen LogP contribution < -0.4 is 0 Å². The Balaban J connectivity index is 2.40. The number of Topliss-reactive ketones (excluding diaryl/α,β-unsaturated/α-hetero) is 1. The van der Waals surface area contributed by atoms with Gasteiger partial charge < -0.3 is 4.79 Å². The first-order chi connectivity index (χ1) is 7.09. The van der Waals surface area contributed by atoms with E-state index in [0.717, 1.165) is 17.1 Å². The van der Waals surface area contributed by atoms with Crippen LogP contribution in [0, 0.1) is 0 Å². The van der Waals surface area contributed by atoms with Gasteiger partial charge in [-0.2, -0.15) is 0 Å². The van der Waals surface area contributed by atoms with Gasteiger partial charge >= 0.3 is 0 Å². The number of carbonyl (C=O) groups excluding carboxylic acids is 1. The minimum atomic E-state index is 0.234. The molecular formula is C11H12Cl2OS. The highest BCUT2D eigenvalue weighted by Gasteiger charge is 2.02. The molecule has 0 saturated heterocycles. The molecule has 1 nitrogen and oxygen atoms in total. The van der Waals surface area contributed by atoms with Crippen molar-refractivity contribution < 1.29 is 4.79 Å². The molecule has 0 fully saturated rings. The lowest BCUT2D eigenvalue weighted by Gasteiger charge is -2.03. The Morgan fingerprint density at radius 2 is 2.13 bits per heavy atom. The molecule has 0 heterocycles. The van der Waals surface area contributed by atoms with Gasteiger partial charge in [-0.3, -0.25) is 0 Å². The van der Waals surface area contributed by atoms with Crippen molar-refractivity contribution in [1.82, 2.24) is 0 Å². The number of rotatable bonds is 5. The molecule has 82 valence electrons. The van der Waals surface area contributed by atoms with E-state index in [0.29, 0.717) is 16.5 Å². The van der Waals surface area contributed by atoms with E-state index in [1.807, 2.05) is 12.1 Å². The predicted octanol–water partition coefficient (Wildman–Crippen LogP) is 4.45. The number of benzene rings is 1. The van der Waals surface area contributed by atoms with E-state index in [9.17, 15) is 4.79 Å². The number of carbonyl (C=O) groups is 1. The van der Waals surface area contributed by atoms with Gasteiger partial charge in [-0.05, 0) is 37.3 Å². The molecule has 0 radical (unpaired) electrons. The summed E-state index contributed by atoms with van der Waals surface area (Å²) < 4.78 is 0. The van der Waals surface area contributed by atoms with Crippen molar-refractivity contribution in [2.24, 2.45) is 0 Å². The lowest BCUT2D eigenvalue weighted by molar-refractivity contribution is -0.117. The van der Waals surface area contributed by atoms with Crippen LogP contribution in [0.2, 0.25) is 10.0 Å². The summed E-state index contributed by atoms with van der Waals surface area (Å²) in [6.45, 7) is 1.61. The van der Waals surface area contributed by atoms with Crippen LogP contribution in [0.1, 0.15) is 19.8 Å². The van der Waals surface area contributed by atoms with Crippen LogP contribution in [0.15, 0.2) is 23.1 Å². The van der Waals surface area contributed by atoms with Gasteiger partial charge in [-0.25, -0.2) is 0 Å². The maximum Gasteiger partial charge on any atom is 0.129 e. The standard InChI is InChI=1S/C11H12Cl2OS/c1-8(14)3-2-6-15-11-5-4-9(12)7-10(11)13/h4-5,7H,2-3,6H2,1H3. The van der Waals surface area contributed by atoms with Gasteiger partial charge in [0.05, 0.1) is 5.02 Å². The first kappa shape index (κ1) is 12.9. The van der Waals surface area contributed by atoms with Crippen LogP contribution in [0.4, 0.5) is 0 Å². The largest absolute Gasteiger partial charge is 0.300 e. The molecule has 1 rings (SSSR count). The van der Waals surface area contributed by atoms with Gasteiger partial charge in [-0.15, -0.1) is 11.8 Å². The number of thioether (sulfide) groups is 1. The fourth-order valence-electron chi connectivity index (χ4n) is 1.10. The monoisotopic (exact) mass is 262 g/mol. The lowest BCUT2D eigenvalue weighted by atomic mass is 10.3. The fraction of sp³-hybridized carbons (Fsp3) is 0.364. The first-order valence-electron chi connectivity index (χ1n) is 4.67. The zero-order chi connectivity index (χ0) is 11.3. The van der Waals surface area contributed by atoms with E-state index in [-0.39, 0.29) is 5.78 Å². The van der Waals surface area contributed by atoms with Gasteiger partial charge in [0.25, 0.3) is 0 Å². The molecule has 15 heavy (non-hydrogen) atoms. The third-order valence-corrected chi connectivity index (χ3v) is 3.64. The Morgan fingerprint density at radius 3 is 2.73 bits per heavy atom. The summed E-state index contributed by atoms with van der Waals surface area (Å²) in [5.74, 6) is 1.14. The van der Waals surface area contributed by atoms with Crippen molar-refractivity contribution in [2.75, 3.05) is 5.75 Å². The molecule has 0 aliphatic carbocycles. The highest BCUT2D eigenvalue weighted by Crippen LogP contribution is 2.30. The maximum atomic E-state index is 10.7. The van der Waals surface area contributed by atoms with Gasteiger partial charge in [0.2, 0.25) is 0 Å². The van der Waals surface area contributed by atoms with Crippen LogP contribution in [0.25, 0.3) is 0 Å². The highest BCUT2D eigenvalue weighted by atomic mass is 35.5. The van der Waals surface area contributed by atoms with Crippen LogP contribution in [-0.2, 0) is 4.79 Å². The van der Waals surface area contributed by atoms with Crippen LogP contribution >= 0.6 is 35.0 Å². The number of hydrogen-bond donors (Lipinski definition) is 0. The molecule has 0 bridgehead atoms. The third kappa shape index (κ3) is 4.92. The molecule has 0 spiro atoms. The van der Waals surface area contributed by atoms with E-state index < -0.39 is 0 Å². The third-order valence-electron chi connectivity index (χ3n) is 1.82. The Kier molecular flexibility index (Phi) is 5.51. The van der Waals surface area contributed by atoms with E-state index in [1.54, 1.807) is 24.8 Å². The summed E-state index contributed by atoms with van der Waals surface area (Å²) in [4.78, 5) is 11.7. The van der Waals surface area contributed by atoms with Crippen molar-refractivity contribution in [2.45, 2.75) is 24.7 Å². The molecule has 0 unspecified atom stereocenters.